The third-order valence-corrected chi connectivity index (χ3v) is 14.5. The van der Waals surface area contributed by atoms with Gasteiger partial charge in [0.1, 0.15) is 53.8 Å². The Labute approximate surface area is 444 Å². The molecular weight excluding hydrogens is 1000 g/mol. The number of hydrogen-bond donors (Lipinski definition) is 10. The molecule has 0 aromatic heterocycles. The number of hydrogen-bond acceptors (Lipinski definition) is 22. The van der Waals surface area contributed by atoms with Crippen LogP contribution in [0, 0.1) is 22.8 Å². The fraction of sp³-hybridized carbons (Fsp3) is 0.940. The first kappa shape index (κ1) is 62.2. The van der Waals surface area contributed by atoms with Gasteiger partial charge in [0.15, 0.2) is 25.2 Å². The standard InChI is InChI=1S/C50H86N6O20/c1-49(2,10-18-70-50(3,4)9-13-54-56-51)48(65)55-31(27-66-16-7-42(63)52-11-5-14-68-44-34(61)23-38(40(25-57)75-44)73-46-32(59)19-29-21-36(29)71-46)28-67-17-8-43(64)53-12-6-15-69-45-35(62)24-39(41(26-58)76-45)74-47-33(60)20-30-22-37(30)72-47/h29-41,44-47,51,57-62H,5-28H2,1-4H3,(H2-,52,53,55,63,64,65)/p+1. The fourth-order valence-corrected chi connectivity index (χ4v) is 9.45. The van der Waals surface area contributed by atoms with Crippen molar-refractivity contribution in [3.8, 4) is 0 Å². The van der Waals surface area contributed by atoms with E-state index in [2.05, 4.69) is 26.0 Å². The van der Waals surface area contributed by atoms with Gasteiger partial charge in [-0.05, 0) is 70.6 Å². The topological polar surface area (TPSA) is 361 Å². The summed E-state index contributed by atoms with van der Waals surface area (Å²) in [7, 11) is 0. The number of fused-ring (bicyclic) bond motifs is 2. The van der Waals surface area contributed by atoms with E-state index in [4.69, 9.17) is 57.6 Å². The van der Waals surface area contributed by atoms with Gasteiger partial charge in [0.25, 0.3) is 0 Å². The van der Waals surface area contributed by atoms with Crippen LogP contribution in [0.25, 0.3) is 0 Å². The molecule has 76 heavy (non-hydrogen) atoms. The molecule has 4 aliphatic heterocycles. The van der Waals surface area contributed by atoms with Crippen LogP contribution in [-0.2, 0) is 66.5 Å². The third kappa shape index (κ3) is 20.3. The highest BCUT2D eigenvalue weighted by molar-refractivity contribution is 5.82. The number of aliphatic hydroxyl groups excluding tert-OH is 6. The van der Waals surface area contributed by atoms with Crippen molar-refractivity contribution in [3.05, 3.63) is 0 Å². The van der Waals surface area contributed by atoms with Crippen molar-refractivity contribution < 1.29 is 97.1 Å². The molecule has 6 rings (SSSR count). The number of nitrogens with one attached hydrogen (secondary N) is 4. The average Bonchev–Trinajstić information content (AvgIpc) is 4.31. The van der Waals surface area contributed by atoms with Gasteiger partial charge in [0.05, 0.1) is 88.9 Å². The molecule has 0 radical (unpaired) electrons. The molecule has 4 saturated heterocycles. The zero-order valence-electron chi connectivity index (χ0n) is 44.6. The summed E-state index contributed by atoms with van der Waals surface area (Å²) in [6.07, 6.45) is -5.37. The first-order valence-corrected chi connectivity index (χ1v) is 27.2. The molecule has 2 aliphatic carbocycles. The predicted octanol–water partition coefficient (Wildman–Crippen LogP) is -0.819. The minimum absolute atomic E-state index is 0.00785. The van der Waals surface area contributed by atoms with Crippen LogP contribution < -0.4 is 20.9 Å². The van der Waals surface area contributed by atoms with Crippen molar-refractivity contribution in [2.45, 2.75) is 203 Å². The van der Waals surface area contributed by atoms with Crippen LogP contribution in [0.3, 0.4) is 0 Å². The maximum atomic E-state index is 13.6. The fourth-order valence-electron chi connectivity index (χ4n) is 9.45. The van der Waals surface area contributed by atoms with E-state index in [1.807, 2.05) is 13.8 Å². The molecule has 436 valence electrons. The maximum Gasteiger partial charge on any atom is 0.226 e. The molecule has 16 unspecified atom stereocenters. The number of nitrogens with zero attached hydrogens (tertiary/aromatic N) is 2. The smallest absolute Gasteiger partial charge is 0.226 e. The zero-order valence-corrected chi connectivity index (χ0v) is 44.6. The molecular formula is C50H87N6O20+. The summed E-state index contributed by atoms with van der Waals surface area (Å²) in [6.45, 7) is 8.16. The largest absolute Gasteiger partial charge is 0.394 e. The molecule has 4 heterocycles. The summed E-state index contributed by atoms with van der Waals surface area (Å²) in [6, 6.07) is -0.635. The van der Waals surface area contributed by atoms with Crippen LogP contribution in [0.2, 0.25) is 0 Å². The van der Waals surface area contributed by atoms with Crippen molar-refractivity contribution in [2.75, 3.05) is 79.1 Å². The quantitative estimate of drug-likeness (QED) is 0.0211. The molecule has 2 saturated carbocycles. The van der Waals surface area contributed by atoms with Gasteiger partial charge < -0.3 is 98.7 Å². The molecule has 16 atom stereocenters. The van der Waals surface area contributed by atoms with Crippen LogP contribution in [0.4, 0.5) is 0 Å². The Balaban J connectivity index is 0.851. The van der Waals surface area contributed by atoms with Gasteiger partial charge in [-0.2, -0.15) is 0 Å². The average molecular weight is 1090 g/mol. The summed E-state index contributed by atoms with van der Waals surface area (Å²) in [5, 5.41) is 74.4. The summed E-state index contributed by atoms with van der Waals surface area (Å²) >= 11 is 0. The van der Waals surface area contributed by atoms with E-state index in [0.29, 0.717) is 56.9 Å². The first-order valence-electron chi connectivity index (χ1n) is 27.2. The molecule has 0 spiro atoms. The van der Waals surface area contributed by atoms with Gasteiger partial charge in [-0.3, -0.25) is 14.4 Å². The Morgan fingerprint density at radius 3 is 1.58 bits per heavy atom. The molecule has 0 aromatic carbocycles. The Morgan fingerprint density at radius 2 is 1.12 bits per heavy atom. The molecule has 3 amide bonds. The summed E-state index contributed by atoms with van der Waals surface area (Å²) in [5.74, 6) is -0.142. The molecule has 26 heteroatoms. The number of carbonyl (C=O) groups excluding carboxylic acids is 3. The van der Waals surface area contributed by atoms with Crippen molar-refractivity contribution >= 4 is 17.7 Å². The van der Waals surface area contributed by atoms with Crippen molar-refractivity contribution in [3.63, 3.8) is 0 Å². The number of aliphatic hydroxyl groups is 6. The lowest BCUT2D eigenvalue weighted by molar-refractivity contribution is -0.312. The third-order valence-electron chi connectivity index (χ3n) is 14.5. The second-order valence-corrected chi connectivity index (χ2v) is 22.0. The van der Waals surface area contributed by atoms with Gasteiger partial charge in [-0.15, -0.1) is 0 Å². The van der Waals surface area contributed by atoms with Gasteiger partial charge in [0.2, 0.25) is 22.6 Å². The van der Waals surface area contributed by atoms with Crippen molar-refractivity contribution in [2.24, 2.45) is 22.4 Å². The highest BCUT2D eigenvalue weighted by Crippen LogP contribution is 2.45. The SMILES string of the molecule is CC(C)(CCN=[N+]=N)OCCC(C)(C)C(=O)NC(COCCC(=O)NCCCOC1OC(CO)C(OC2OC3CC3CC2O)CC1O)COCCC(=O)NCCCOC1OC(CO)C(OC2OC3CC3CC2O)CC1O. The Kier molecular flexibility index (Phi) is 25.0. The van der Waals surface area contributed by atoms with Crippen LogP contribution in [0.5, 0.6) is 0 Å². The summed E-state index contributed by atoms with van der Waals surface area (Å²) in [4.78, 5) is 42.0. The molecule has 6 fully saturated rings. The van der Waals surface area contributed by atoms with Gasteiger partial charge in [0, 0.05) is 57.2 Å². The monoisotopic (exact) mass is 1090 g/mol. The lowest BCUT2D eigenvalue weighted by atomic mass is 9.88. The minimum Gasteiger partial charge on any atom is -0.394 e. The predicted molar refractivity (Wildman–Crippen MR) is 262 cm³/mol. The second-order valence-electron chi connectivity index (χ2n) is 22.0. The normalized spacial score (nSPS) is 33.5. The summed E-state index contributed by atoms with van der Waals surface area (Å²) in [5.41, 5.74) is 5.47. The maximum absolute atomic E-state index is 13.6. The van der Waals surface area contributed by atoms with Gasteiger partial charge in [-0.25, -0.2) is 0 Å². The van der Waals surface area contributed by atoms with Gasteiger partial charge in [-0.1, -0.05) is 13.8 Å². The Morgan fingerprint density at radius 1 is 0.645 bits per heavy atom. The molecule has 10 N–H and O–H groups in total. The number of rotatable bonds is 35. The minimum atomic E-state index is -1.05. The number of ether oxygens (including phenoxy) is 11. The zero-order chi connectivity index (χ0) is 54.8. The second kappa shape index (κ2) is 30.6. The van der Waals surface area contributed by atoms with E-state index in [0.717, 1.165) is 12.8 Å². The Bertz CT molecular complexity index is 1740. The molecule has 0 aromatic rings. The number of amides is 3. The Hall–Kier alpha value is -2.96. The van der Waals surface area contributed by atoms with E-state index in [-0.39, 0.29) is 128 Å². The number of carbonyl (C=O) groups is 3. The molecule has 0 bridgehead atoms. The van der Waals surface area contributed by atoms with Crippen molar-refractivity contribution in [1.29, 1.82) is 5.53 Å². The highest BCUT2D eigenvalue weighted by atomic mass is 16.7. The van der Waals surface area contributed by atoms with Crippen LogP contribution >= 0.6 is 0 Å². The van der Waals surface area contributed by atoms with Gasteiger partial charge >= 0.3 is 0 Å². The lowest BCUT2D eigenvalue weighted by Gasteiger charge is -2.40. The van der Waals surface area contributed by atoms with Crippen LogP contribution in [0.15, 0.2) is 5.11 Å². The summed E-state index contributed by atoms with van der Waals surface area (Å²) < 4.78 is 64.2. The van der Waals surface area contributed by atoms with E-state index in [1.165, 1.54) is 0 Å². The highest BCUT2D eigenvalue weighted by Gasteiger charge is 2.51. The molecule has 6 aliphatic rings. The van der Waals surface area contributed by atoms with Crippen LogP contribution in [-0.4, -0.2) is 225 Å². The van der Waals surface area contributed by atoms with E-state index < -0.39 is 91.0 Å². The molecule has 26 nitrogen and oxygen atoms in total. The van der Waals surface area contributed by atoms with E-state index in [1.54, 1.807) is 13.8 Å². The van der Waals surface area contributed by atoms with Crippen molar-refractivity contribution in [1.82, 2.24) is 20.9 Å². The van der Waals surface area contributed by atoms with E-state index >= 15 is 0 Å². The lowest BCUT2D eigenvalue weighted by Crippen LogP contribution is -2.53. The first-order chi connectivity index (χ1) is 36.4. The van der Waals surface area contributed by atoms with Crippen LogP contribution in [0.1, 0.15) is 105 Å². The van der Waals surface area contributed by atoms with E-state index in [9.17, 15) is 45.0 Å².